The Morgan fingerprint density at radius 3 is 2.40 bits per heavy atom. The zero-order valence-electron chi connectivity index (χ0n) is 7.05. The van der Waals surface area contributed by atoms with Crippen molar-refractivity contribution in [3.8, 4) is 0 Å². The molecule has 0 rings (SSSR count). The molecule has 0 aliphatic heterocycles. The molecule has 0 aliphatic carbocycles. The number of hydrogen-bond donors (Lipinski definition) is 0. The third kappa shape index (κ3) is 3.49. The molecule has 10 heavy (non-hydrogen) atoms. The lowest BCUT2D eigenvalue weighted by molar-refractivity contribution is 0.337. The van der Waals surface area contributed by atoms with Gasteiger partial charge in [0.2, 0.25) is 0 Å². The molecule has 0 aromatic heterocycles. The van der Waals surface area contributed by atoms with Gasteiger partial charge in [-0.2, -0.15) is 0 Å². The van der Waals surface area contributed by atoms with E-state index in [1.165, 1.54) is 0 Å². The van der Waals surface area contributed by atoms with Gasteiger partial charge in [0.15, 0.2) is 0 Å². The fraction of sp³-hybridized carbons (Fsp3) is 0.875. The van der Waals surface area contributed by atoms with Gasteiger partial charge >= 0.3 is 6.41 Å². The van der Waals surface area contributed by atoms with Gasteiger partial charge in [0.05, 0.1) is 0 Å². The third-order valence-corrected chi connectivity index (χ3v) is 1.74. The molecule has 0 saturated carbocycles. The Kier molecular flexibility index (Phi) is 4.99. The zero-order chi connectivity index (χ0) is 7.98. The molecule has 0 heterocycles. The second-order valence-corrected chi connectivity index (χ2v) is 2.64. The van der Waals surface area contributed by atoms with Crippen LogP contribution < -0.4 is 0 Å². The SMILES string of the molecule is CCC(C)CN([C]=O)CC. The van der Waals surface area contributed by atoms with Crippen molar-refractivity contribution in [1.82, 2.24) is 4.90 Å². The molecule has 0 aromatic rings. The molecule has 1 unspecified atom stereocenters. The van der Waals surface area contributed by atoms with Crippen molar-refractivity contribution >= 4 is 6.41 Å². The summed E-state index contributed by atoms with van der Waals surface area (Å²) in [5, 5.41) is 0. The topological polar surface area (TPSA) is 20.3 Å². The predicted molar refractivity (Wildman–Crippen MR) is 42.4 cm³/mol. The van der Waals surface area contributed by atoms with Gasteiger partial charge in [0.1, 0.15) is 0 Å². The summed E-state index contributed by atoms with van der Waals surface area (Å²) in [5.41, 5.74) is 0. The highest BCUT2D eigenvalue weighted by Crippen LogP contribution is 2.01. The van der Waals surface area contributed by atoms with Crippen LogP contribution in [0.15, 0.2) is 0 Å². The molecule has 0 N–H and O–H groups in total. The molecule has 1 radical (unpaired) electrons. The summed E-state index contributed by atoms with van der Waals surface area (Å²) in [6, 6.07) is 0. The minimum absolute atomic E-state index is 0.599. The van der Waals surface area contributed by atoms with Gasteiger partial charge < -0.3 is 4.90 Å². The molecule has 1 amide bonds. The quantitative estimate of drug-likeness (QED) is 0.532. The summed E-state index contributed by atoms with van der Waals surface area (Å²) in [4.78, 5) is 11.9. The number of carbonyl (C=O) groups excluding carboxylic acids is 1. The van der Waals surface area contributed by atoms with Crippen molar-refractivity contribution in [2.75, 3.05) is 13.1 Å². The summed E-state index contributed by atoms with van der Waals surface area (Å²) in [6.45, 7) is 7.85. The molecule has 0 bridgehead atoms. The largest absolute Gasteiger partial charge is 0.334 e. The van der Waals surface area contributed by atoms with E-state index in [2.05, 4.69) is 13.8 Å². The van der Waals surface area contributed by atoms with Crippen molar-refractivity contribution in [3.05, 3.63) is 0 Å². The lowest BCUT2D eigenvalue weighted by atomic mass is 10.1. The van der Waals surface area contributed by atoms with E-state index in [1.807, 2.05) is 13.3 Å². The van der Waals surface area contributed by atoms with Gasteiger partial charge in [0, 0.05) is 13.1 Å². The van der Waals surface area contributed by atoms with Crippen molar-refractivity contribution < 1.29 is 4.79 Å². The molecule has 0 fully saturated rings. The highest BCUT2D eigenvalue weighted by molar-refractivity contribution is 5.47. The number of hydrogen-bond acceptors (Lipinski definition) is 1. The normalized spacial score (nSPS) is 12.7. The summed E-state index contributed by atoms with van der Waals surface area (Å²) < 4.78 is 0. The van der Waals surface area contributed by atoms with E-state index in [9.17, 15) is 4.79 Å². The molecule has 0 saturated heterocycles. The number of amides is 1. The minimum Gasteiger partial charge on any atom is -0.334 e. The Balaban J connectivity index is 3.51. The maximum Gasteiger partial charge on any atom is 0.312 e. The monoisotopic (exact) mass is 142 g/mol. The van der Waals surface area contributed by atoms with Crippen LogP contribution >= 0.6 is 0 Å². The Bertz CT molecular complexity index is 93.3. The Morgan fingerprint density at radius 1 is 1.50 bits per heavy atom. The lowest BCUT2D eigenvalue weighted by Crippen LogP contribution is -2.26. The van der Waals surface area contributed by atoms with E-state index in [4.69, 9.17) is 0 Å². The fourth-order valence-electron chi connectivity index (χ4n) is 0.736. The molecule has 0 aliphatic rings. The van der Waals surface area contributed by atoms with E-state index in [-0.39, 0.29) is 0 Å². The van der Waals surface area contributed by atoms with E-state index in [0.717, 1.165) is 19.5 Å². The van der Waals surface area contributed by atoms with Crippen LogP contribution in [-0.2, 0) is 4.79 Å². The van der Waals surface area contributed by atoms with Crippen molar-refractivity contribution in [2.45, 2.75) is 27.2 Å². The van der Waals surface area contributed by atoms with Crippen molar-refractivity contribution in [2.24, 2.45) is 5.92 Å². The highest BCUT2D eigenvalue weighted by Gasteiger charge is 2.03. The second-order valence-electron chi connectivity index (χ2n) is 2.64. The zero-order valence-corrected chi connectivity index (χ0v) is 7.05. The van der Waals surface area contributed by atoms with E-state index in [1.54, 1.807) is 4.90 Å². The van der Waals surface area contributed by atoms with Crippen LogP contribution in [0.2, 0.25) is 0 Å². The smallest absolute Gasteiger partial charge is 0.312 e. The first-order valence-electron chi connectivity index (χ1n) is 3.87. The maximum atomic E-state index is 10.2. The highest BCUT2D eigenvalue weighted by atomic mass is 16.1. The Hall–Kier alpha value is -0.530. The van der Waals surface area contributed by atoms with E-state index < -0.39 is 0 Å². The van der Waals surface area contributed by atoms with Gasteiger partial charge in [0.25, 0.3) is 0 Å². The molecular formula is C8H16NO. The summed E-state index contributed by atoms with van der Waals surface area (Å²) in [7, 11) is 0. The van der Waals surface area contributed by atoms with Crippen LogP contribution in [0.3, 0.4) is 0 Å². The third-order valence-electron chi connectivity index (χ3n) is 1.74. The van der Waals surface area contributed by atoms with Crippen LogP contribution in [0.1, 0.15) is 27.2 Å². The van der Waals surface area contributed by atoms with Gasteiger partial charge in [-0.15, -0.1) is 0 Å². The molecule has 2 nitrogen and oxygen atoms in total. The first-order chi connectivity index (χ1) is 4.74. The first-order valence-corrected chi connectivity index (χ1v) is 3.87. The molecule has 0 spiro atoms. The predicted octanol–water partition coefficient (Wildman–Crippen LogP) is 1.42. The Labute approximate surface area is 63.2 Å². The fourth-order valence-corrected chi connectivity index (χ4v) is 0.736. The molecule has 59 valence electrons. The Morgan fingerprint density at radius 2 is 2.10 bits per heavy atom. The van der Waals surface area contributed by atoms with E-state index in [0.29, 0.717) is 5.92 Å². The van der Waals surface area contributed by atoms with Crippen LogP contribution in [0.4, 0.5) is 0 Å². The number of nitrogens with zero attached hydrogens (tertiary/aromatic N) is 1. The van der Waals surface area contributed by atoms with Gasteiger partial charge in [-0.25, -0.2) is 0 Å². The number of rotatable bonds is 5. The van der Waals surface area contributed by atoms with Crippen LogP contribution in [-0.4, -0.2) is 24.4 Å². The molecule has 2 heteroatoms. The van der Waals surface area contributed by atoms with Crippen LogP contribution in [0, 0.1) is 5.92 Å². The van der Waals surface area contributed by atoms with Crippen LogP contribution in [0.25, 0.3) is 0 Å². The average molecular weight is 142 g/mol. The first kappa shape index (κ1) is 9.47. The summed E-state index contributed by atoms with van der Waals surface area (Å²) in [5.74, 6) is 0.599. The summed E-state index contributed by atoms with van der Waals surface area (Å²) >= 11 is 0. The average Bonchev–Trinajstić information content (AvgIpc) is 1.99. The van der Waals surface area contributed by atoms with Crippen molar-refractivity contribution in [3.63, 3.8) is 0 Å². The minimum atomic E-state index is 0.599. The van der Waals surface area contributed by atoms with Crippen LogP contribution in [0.5, 0.6) is 0 Å². The second kappa shape index (κ2) is 5.27. The lowest BCUT2D eigenvalue weighted by Gasteiger charge is -2.17. The van der Waals surface area contributed by atoms with Gasteiger partial charge in [-0.3, -0.25) is 4.79 Å². The molecular weight excluding hydrogens is 126 g/mol. The van der Waals surface area contributed by atoms with E-state index >= 15 is 0 Å². The summed E-state index contributed by atoms with van der Waals surface area (Å²) in [6.07, 6.45) is 3.02. The van der Waals surface area contributed by atoms with Gasteiger partial charge in [-0.05, 0) is 12.8 Å². The van der Waals surface area contributed by atoms with Crippen molar-refractivity contribution in [1.29, 1.82) is 0 Å². The maximum absolute atomic E-state index is 10.2. The standard InChI is InChI=1S/C8H16NO/c1-4-8(3)6-9(5-2)7-10/h8H,4-6H2,1-3H3. The molecule has 0 aromatic carbocycles. The van der Waals surface area contributed by atoms with Gasteiger partial charge in [-0.1, -0.05) is 20.3 Å². The molecule has 1 atom stereocenters.